The van der Waals surface area contributed by atoms with Gasteiger partial charge in [-0.2, -0.15) is 5.10 Å². The Balaban J connectivity index is 1.56. The number of methoxy groups -OCH3 is 2. The third kappa shape index (κ3) is 5.28. The molecule has 1 heterocycles. The fourth-order valence-electron chi connectivity index (χ4n) is 2.38. The lowest BCUT2D eigenvalue weighted by molar-refractivity contribution is 0.221. The Hall–Kier alpha value is -2.97. The lowest BCUT2D eigenvalue weighted by atomic mass is 10.2. The minimum Gasteiger partial charge on any atom is -0.497 e. The highest BCUT2D eigenvalue weighted by Gasteiger charge is 2.08. The molecule has 0 amide bonds. The van der Waals surface area contributed by atoms with Crippen molar-refractivity contribution in [2.75, 3.05) is 24.9 Å². The average molecular weight is 419 g/mol. The first-order valence-corrected chi connectivity index (χ1v) is 9.07. The molecule has 0 radical (unpaired) electrons. The summed E-state index contributed by atoms with van der Waals surface area (Å²) in [5.41, 5.74) is 1.44. The smallest absolute Gasteiger partial charge is 0.180 e. The van der Waals surface area contributed by atoms with E-state index in [1.165, 1.54) is 0 Å². The van der Waals surface area contributed by atoms with Gasteiger partial charge in [0.1, 0.15) is 17.2 Å². The van der Waals surface area contributed by atoms with E-state index in [1.807, 2.05) is 24.3 Å². The highest BCUT2D eigenvalue weighted by Crippen LogP contribution is 2.29. The molecule has 1 aromatic heterocycles. The number of halogens is 1. The van der Waals surface area contributed by atoms with Crippen LogP contribution in [0, 0.1) is 0 Å². The molecular weight excluding hydrogens is 400 g/mol. The van der Waals surface area contributed by atoms with Gasteiger partial charge in [0.05, 0.1) is 38.0 Å². The van der Waals surface area contributed by atoms with Crippen molar-refractivity contribution in [3.8, 4) is 17.2 Å². The van der Waals surface area contributed by atoms with Gasteiger partial charge in [0, 0.05) is 11.1 Å². The SMILES string of the molecule is COc1ccc(NC(=S)Nc2cnn(COc3cccc(Cl)c3)c2)c(OC)c1. The van der Waals surface area contributed by atoms with E-state index < -0.39 is 0 Å². The molecule has 0 saturated heterocycles. The van der Waals surface area contributed by atoms with Crippen molar-refractivity contribution < 1.29 is 14.2 Å². The Morgan fingerprint density at radius 3 is 2.71 bits per heavy atom. The Kier molecular flexibility index (Phi) is 6.57. The maximum Gasteiger partial charge on any atom is 0.180 e. The first kappa shape index (κ1) is 19.8. The molecule has 9 heteroatoms. The second-order valence-corrected chi connectivity index (χ2v) is 6.49. The highest BCUT2D eigenvalue weighted by molar-refractivity contribution is 7.80. The minimum absolute atomic E-state index is 0.245. The van der Waals surface area contributed by atoms with Crippen LogP contribution in [0.1, 0.15) is 0 Å². The van der Waals surface area contributed by atoms with Crippen molar-refractivity contribution >= 4 is 40.3 Å². The Bertz CT molecular complexity index is 964. The van der Waals surface area contributed by atoms with Crippen LogP contribution >= 0.6 is 23.8 Å². The molecule has 0 bridgehead atoms. The molecule has 0 aliphatic carbocycles. The molecule has 0 unspecified atom stereocenters. The summed E-state index contributed by atoms with van der Waals surface area (Å²) in [7, 11) is 3.18. The maximum atomic E-state index is 5.94. The van der Waals surface area contributed by atoms with Gasteiger partial charge in [-0.3, -0.25) is 0 Å². The van der Waals surface area contributed by atoms with Gasteiger partial charge < -0.3 is 24.8 Å². The predicted molar refractivity (Wildman–Crippen MR) is 114 cm³/mol. The summed E-state index contributed by atoms with van der Waals surface area (Å²) in [6.07, 6.45) is 3.43. The van der Waals surface area contributed by atoms with Gasteiger partial charge in [0.15, 0.2) is 11.8 Å². The van der Waals surface area contributed by atoms with Crippen LogP contribution < -0.4 is 24.8 Å². The molecule has 28 heavy (non-hydrogen) atoms. The lowest BCUT2D eigenvalue weighted by Gasteiger charge is -2.13. The van der Waals surface area contributed by atoms with Crippen LogP contribution in [0.2, 0.25) is 5.02 Å². The van der Waals surface area contributed by atoms with Crippen molar-refractivity contribution in [1.82, 2.24) is 9.78 Å². The van der Waals surface area contributed by atoms with Gasteiger partial charge >= 0.3 is 0 Å². The van der Waals surface area contributed by atoms with E-state index >= 15 is 0 Å². The zero-order valence-corrected chi connectivity index (χ0v) is 16.9. The summed E-state index contributed by atoms with van der Waals surface area (Å²) in [5.74, 6) is 1.98. The highest BCUT2D eigenvalue weighted by atomic mass is 35.5. The Morgan fingerprint density at radius 2 is 1.96 bits per heavy atom. The van der Waals surface area contributed by atoms with Crippen molar-refractivity contribution in [2.24, 2.45) is 0 Å². The molecule has 146 valence electrons. The van der Waals surface area contributed by atoms with Crippen LogP contribution in [0.25, 0.3) is 0 Å². The van der Waals surface area contributed by atoms with E-state index in [0.29, 0.717) is 27.4 Å². The number of nitrogens with zero attached hydrogens (tertiary/aromatic N) is 2. The minimum atomic E-state index is 0.245. The number of nitrogens with one attached hydrogen (secondary N) is 2. The average Bonchev–Trinajstić information content (AvgIpc) is 3.14. The molecule has 7 nitrogen and oxygen atoms in total. The van der Waals surface area contributed by atoms with Crippen molar-refractivity contribution in [3.63, 3.8) is 0 Å². The summed E-state index contributed by atoms with van der Waals surface area (Å²) in [6, 6.07) is 12.6. The van der Waals surface area contributed by atoms with Gasteiger partial charge in [0.25, 0.3) is 0 Å². The fraction of sp³-hybridized carbons (Fsp3) is 0.158. The van der Waals surface area contributed by atoms with Crippen LogP contribution in [0.4, 0.5) is 11.4 Å². The fourth-order valence-corrected chi connectivity index (χ4v) is 2.79. The monoisotopic (exact) mass is 418 g/mol. The Labute approximate surface area is 173 Å². The number of rotatable bonds is 7. The zero-order valence-electron chi connectivity index (χ0n) is 15.3. The summed E-state index contributed by atoms with van der Waals surface area (Å²) >= 11 is 11.3. The van der Waals surface area contributed by atoms with Crippen molar-refractivity contribution in [1.29, 1.82) is 0 Å². The van der Waals surface area contributed by atoms with E-state index in [9.17, 15) is 0 Å². The normalized spacial score (nSPS) is 10.2. The van der Waals surface area contributed by atoms with Gasteiger partial charge in [0.2, 0.25) is 0 Å². The summed E-state index contributed by atoms with van der Waals surface area (Å²) in [5, 5.41) is 11.4. The van der Waals surface area contributed by atoms with E-state index in [4.69, 9.17) is 38.0 Å². The van der Waals surface area contributed by atoms with E-state index in [-0.39, 0.29) is 6.73 Å². The van der Waals surface area contributed by atoms with Gasteiger partial charge in [-0.25, -0.2) is 4.68 Å². The number of aromatic nitrogens is 2. The quantitative estimate of drug-likeness (QED) is 0.551. The van der Waals surface area contributed by atoms with Crippen LogP contribution in [-0.2, 0) is 6.73 Å². The number of thiocarbonyl (C=S) groups is 1. The lowest BCUT2D eigenvalue weighted by Crippen LogP contribution is -2.19. The molecule has 0 saturated carbocycles. The first-order chi connectivity index (χ1) is 13.6. The summed E-state index contributed by atoms with van der Waals surface area (Å²) in [6.45, 7) is 0.245. The molecular formula is C19H19ClN4O3S. The standard InChI is InChI=1S/C19H19ClN4O3S/c1-25-15-6-7-17(18(9-15)26-2)23-19(28)22-14-10-21-24(11-14)12-27-16-5-3-4-13(20)8-16/h3-11H,12H2,1-2H3,(H2,22,23,28). The number of hydrogen-bond donors (Lipinski definition) is 2. The van der Waals surface area contributed by atoms with Crippen molar-refractivity contribution in [3.05, 3.63) is 59.9 Å². The van der Waals surface area contributed by atoms with Crippen LogP contribution in [0.15, 0.2) is 54.9 Å². The zero-order chi connectivity index (χ0) is 19.9. The molecule has 3 aromatic rings. The molecule has 0 aliphatic rings. The van der Waals surface area contributed by atoms with Gasteiger partial charge in [-0.05, 0) is 42.5 Å². The number of anilines is 2. The third-order valence-corrected chi connectivity index (χ3v) is 4.15. The molecule has 3 rings (SSSR count). The number of hydrogen-bond acceptors (Lipinski definition) is 5. The van der Waals surface area contributed by atoms with Gasteiger partial charge in [-0.1, -0.05) is 17.7 Å². The summed E-state index contributed by atoms with van der Waals surface area (Å²) < 4.78 is 17.8. The largest absolute Gasteiger partial charge is 0.497 e. The van der Waals surface area contributed by atoms with E-state index in [1.54, 1.807) is 49.5 Å². The molecule has 2 N–H and O–H groups in total. The summed E-state index contributed by atoms with van der Waals surface area (Å²) in [4.78, 5) is 0. The van der Waals surface area contributed by atoms with E-state index in [2.05, 4.69) is 15.7 Å². The first-order valence-electron chi connectivity index (χ1n) is 8.28. The second kappa shape index (κ2) is 9.29. The van der Waals surface area contributed by atoms with Gasteiger partial charge in [-0.15, -0.1) is 0 Å². The molecule has 2 aromatic carbocycles. The molecule has 0 aliphatic heterocycles. The van der Waals surface area contributed by atoms with Crippen LogP contribution in [0.3, 0.4) is 0 Å². The topological polar surface area (TPSA) is 69.6 Å². The predicted octanol–water partition coefficient (Wildman–Crippen LogP) is 4.40. The Morgan fingerprint density at radius 1 is 1.11 bits per heavy atom. The maximum absolute atomic E-state index is 5.94. The number of benzene rings is 2. The van der Waals surface area contributed by atoms with E-state index in [0.717, 1.165) is 11.4 Å². The molecule has 0 atom stereocenters. The van der Waals surface area contributed by atoms with Crippen LogP contribution in [0.5, 0.6) is 17.2 Å². The molecule has 0 spiro atoms. The molecule has 0 fully saturated rings. The second-order valence-electron chi connectivity index (χ2n) is 5.64. The van der Waals surface area contributed by atoms with Crippen LogP contribution in [-0.4, -0.2) is 29.1 Å². The number of ether oxygens (including phenoxy) is 3. The third-order valence-electron chi connectivity index (χ3n) is 3.71. The van der Waals surface area contributed by atoms with Crippen molar-refractivity contribution in [2.45, 2.75) is 6.73 Å².